The van der Waals surface area contributed by atoms with Crippen LogP contribution in [0, 0.1) is 0 Å². The van der Waals surface area contributed by atoms with Crippen molar-refractivity contribution in [3.63, 3.8) is 0 Å². The molecule has 3 heterocycles. The predicted octanol–water partition coefficient (Wildman–Crippen LogP) is 1.12. The Hall–Kier alpha value is -2.21. The van der Waals surface area contributed by atoms with Crippen LogP contribution >= 0.6 is 0 Å². The summed E-state index contributed by atoms with van der Waals surface area (Å²) in [5.41, 5.74) is 1.63. The summed E-state index contributed by atoms with van der Waals surface area (Å²) >= 11 is 0. The van der Waals surface area contributed by atoms with Gasteiger partial charge in [-0.25, -0.2) is 0 Å². The first-order valence-corrected chi connectivity index (χ1v) is 8.28. The fourth-order valence-electron chi connectivity index (χ4n) is 3.32. The summed E-state index contributed by atoms with van der Waals surface area (Å²) in [4.78, 5) is 18.4. The molecule has 4 rings (SSSR count). The van der Waals surface area contributed by atoms with Crippen molar-refractivity contribution in [2.45, 2.75) is 25.3 Å². The summed E-state index contributed by atoms with van der Waals surface area (Å²) in [7, 11) is 0. The molecule has 6 nitrogen and oxygen atoms in total. The van der Waals surface area contributed by atoms with Crippen LogP contribution in [0.3, 0.4) is 0 Å². The third kappa shape index (κ3) is 2.99. The molecule has 1 amide bonds. The molecular weight excluding hydrogens is 290 g/mol. The number of hydrogen-bond donors (Lipinski definition) is 0. The number of hydrogen-bond acceptors (Lipinski definition) is 4. The Morgan fingerprint density at radius 2 is 1.87 bits per heavy atom. The Labute approximate surface area is 135 Å². The zero-order valence-corrected chi connectivity index (χ0v) is 13.1. The molecule has 1 aromatic heterocycles. The summed E-state index contributed by atoms with van der Waals surface area (Å²) in [5, 5.41) is 8.65. The first kappa shape index (κ1) is 14.4. The Balaban J connectivity index is 1.32. The van der Waals surface area contributed by atoms with Crippen molar-refractivity contribution in [1.82, 2.24) is 24.8 Å². The average molecular weight is 311 g/mol. The highest BCUT2D eigenvalue weighted by Crippen LogP contribution is 2.20. The van der Waals surface area contributed by atoms with Gasteiger partial charge in [-0.05, 0) is 38.1 Å². The molecule has 2 saturated heterocycles. The van der Waals surface area contributed by atoms with E-state index >= 15 is 0 Å². The van der Waals surface area contributed by atoms with Gasteiger partial charge in [0.05, 0.1) is 24.0 Å². The molecule has 0 spiro atoms. The van der Waals surface area contributed by atoms with Crippen molar-refractivity contribution >= 4 is 5.91 Å². The van der Waals surface area contributed by atoms with Crippen molar-refractivity contribution in [1.29, 1.82) is 0 Å². The lowest BCUT2D eigenvalue weighted by atomic mass is 10.1. The first-order valence-electron chi connectivity index (χ1n) is 8.28. The second-order valence-corrected chi connectivity index (χ2v) is 6.33. The molecule has 0 aliphatic carbocycles. The molecule has 0 bridgehead atoms. The summed E-state index contributed by atoms with van der Waals surface area (Å²) in [6, 6.07) is 10.3. The van der Waals surface area contributed by atoms with E-state index in [1.807, 2.05) is 35.2 Å². The van der Waals surface area contributed by atoms with Crippen LogP contribution in [0.2, 0.25) is 0 Å². The summed E-state index contributed by atoms with van der Waals surface area (Å²) in [5.74, 6) is 0.153. The summed E-state index contributed by atoms with van der Waals surface area (Å²) in [6.07, 6.45) is 4.61. The lowest BCUT2D eigenvalue weighted by Gasteiger charge is -2.44. The molecule has 2 aromatic rings. The van der Waals surface area contributed by atoms with Crippen LogP contribution in [0.1, 0.15) is 18.5 Å². The zero-order chi connectivity index (χ0) is 15.6. The molecular formula is C17H21N5O. The van der Waals surface area contributed by atoms with Crippen molar-refractivity contribution in [2.75, 3.05) is 26.2 Å². The molecule has 2 aliphatic heterocycles. The quantitative estimate of drug-likeness (QED) is 0.849. The van der Waals surface area contributed by atoms with Crippen LogP contribution in [0.4, 0.5) is 0 Å². The van der Waals surface area contributed by atoms with Crippen LogP contribution in [-0.2, 0) is 11.2 Å². The largest absolute Gasteiger partial charge is 0.339 e. The van der Waals surface area contributed by atoms with E-state index in [1.54, 1.807) is 11.0 Å². The molecule has 0 N–H and O–H groups in total. The number of benzene rings is 1. The fourth-order valence-corrected chi connectivity index (χ4v) is 3.32. The second kappa shape index (κ2) is 6.12. The minimum atomic E-state index is 0.153. The number of rotatable bonds is 4. The normalized spacial score (nSPS) is 19.0. The molecule has 2 fully saturated rings. The highest BCUT2D eigenvalue weighted by atomic mass is 16.2. The van der Waals surface area contributed by atoms with E-state index in [0.29, 0.717) is 12.5 Å². The molecule has 23 heavy (non-hydrogen) atoms. The van der Waals surface area contributed by atoms with E-state index in [1.165, 1.54) is 25.9 Å². The number of aromatic nitrogens is 3. The SMILES string of the molecule is O=C(Cc1cnn(-c2ccccc2)n1)N1CC(N2CCCC2)C1. The molecule has 120 valence electrons. The van der Waals surface area contributed by atoms with Gasteiger partial charge < -0.3 is 4.90 Å². The summed E-state index contributed by atoms with van der Waals surface area (Å²) < 4.78 is 0. The van der Waals surface area contributed by atoms with E-state index in [2.05, 4.69) is 15.1 Å². The van der Waals surface area contributed by atoms with Crippen LogP contribution in [0.5, 0.6) is 0 Å². The molecule has 0 saturated carbocycles. The maximum atomic E-state index is 12.3. The van der Waals surface area contributed by atoms with Crippen molar-refractivity contribution in [3.05, 3.63) is 42.2 Å². The van der Waals surface area contributed by atoms with Crippen LogP contribution in [0.25, 0.3) is 5.69 Å². The third-order valence-electron chi connectivity index (χ3n) is 4.73. The monoisotopic (exact) mass is 311 g/mol. The molecule has 1 aromatic carbocycles. The number of carbonyl (C=O) groups is 1. The highest BCUT2D eigenvalue weighted by Gasteiger charge is 2.35. The van der Waals surface area contributed by atoms with E-state index < -0.39 is 0 Å². The lowest BCUT2D eigenvalue weighted by Crippen LogP contribution is -2.60. The number of carbonyl (C=O) groups excluding carboxylic acids is 1. The fraction of sp³-hybridized carbons (Fsp3) is 0.471. The van der Waals surface area contributed by atoms with Gasteiger partial charge in [-0.2, -0.15) is 15.0 Å². The topological polar surface area (TPSA) is 54.3 Å². The Morgan fingerprint density at radius 1 is 1.13 bits per heavy atom. The van der Waals surface area contributed by atoms with E-state index in [-0.39, 0.29) is 5.91 Å². The minimum Gasteiger partial charge on any atom is -0.339 e. The van der Waals surface area contributed by atoms with Crippen LogP contribution in [0.15, 0.2) is 36.5 Å². The van der Waals surface area contributed by atoms with Gasteiger partial charge in [0.2, 0.25) is 5.91 Å². The van der Waals surface area contributed by atoms with Crippen molar-refractivity contribution in [2.24, 2.45) is 0 Å². The minimum absolute atomic E-state index is 0.153. The van der Waals surface area contributed by atoms with Crippen LogP contribution in [-0.4, -0.2) is 62.9 Å². The Bertz CT molecular complexity index is 671. The number of para-hydroxylation sites is 1. The van der Waals surface area contributed by atoms with Gasteiger partial charge in [0.15, 0.2) is 0 Å². The molecule has 0 unspecified atom stereocenters. The number of amides is 1. The Kier molecular flexibility index (Phi) is 3.83. The van der Waals surface area contributed by atoms with Crippen molar-refractivity contribution in [3.8, 4) is 5.69 Å². The van der Waals surface area contributed by atoms with Gasteiger partial charge in [0, 0.05) is 19.1 Å². The van der Waals surface area contributed by atoms with E-state index in [9.17, 15) is 4.79 Å². The number of likely N-dealkylation sites (tertiary alicyclic amines) is 2. The average Bonchev–Trinajstić information content (AvgIpc) is 3.19. The van der Waals surface area contributed by atoms with Gasteiger partial charge in [0.25, 0.3) is 0 Å². The maximum absolute atomic E-state index is 12.3. The van der Waals surface area contributed by atoms with E-state index in [4.69, 9.17) is 0 Å². The standard InChI is InChI=1S/C17H21N5O/c23-17(21-12-16(13-21)20-8-4-5-9-20)10-14-11-18-22(19-14)15-6-2-1-3-7-15/h1-3,6-7,11,16H,4-5,8-10,12-13H2. The smallest absolute Gasteiger partial charge is 0.228 e. The van der Waals surface area contributed by atoms with Crippen molar-refractivity contribution < 1.29 is 4.79 Å². The predicted molar refractivity (Wildman–Crippen MR) is 86.2 cm³/mol. The highest BCUT2D eigenvalue weighted by molar-refractivity contribution is 5.79. The molecule has 0 radical (unpaired) electrons. The van der Waals surface area contributed by atoms with Gasteiger partial charge in [0.1, 0.15) is 0 Å². The summed E-state index contributed by atoms with van der Waals surface area (Å²) in [6.45, 7) is 4.12. The lowest BCUT2D eigenvalue weighted by molar-refractivity contribution is -0.137. The van der Waals surface area contributed by atoms with Gasteiger partial charge in [-0.3, -0.25) is 9.69 Å². The third-order valence-corrected chi connectivity index (χ3v) is 4.73. The Morgan fingerprint density at radius 3 is 2.61 bits per heavy atom. The van der Waals surface area contributed by atoms with Gasteiger partial charge >= 0.3 is 0 Å². The maximum Gasteiger partial charge on any atom is 0.228 e. The number of nitrogens with zero attached hydrogens (tertiary/aromatic N) is 5. The van der Waals surface area contributed by atoms with E-state index in [0.717, 1.165) is 24.5 Å². The first-order chi connectivity index (χ1) is 11.3. The molecule has 2 aliphatic rings. The van der Waals surface area contributed by atoms with Crippen LogP contribution < -0.4 is 0 Å². The van der Waals surface area contributed by atoms with Gasteiger partial charge in [-0.15, -0.1) is 0 Å². The molecule has 6 heteroatoms. The zero-order valence-electron chi connectivity index (χ0n) is 13.1. The second-order valence-electron chi connectivity index (χ2n) is 6.33. The molecule has 0 atom stereocenters. The van der Waals surface area contributed by atoms with Gasteiger partial charge in [-0.1, -0.05) is 18.2 Å².